The Kier molecular flexibility index (Phi) is 3.58. The molecule has 0 amide bonds. The third-order valence-electron chi connectivity index (χ3n) is 1.75. The lowest BCUT2D eigenvalue weighted by Gasteiger charge is -2.01. The quantitative estimate of drug-likeness (QED) is 0.549. The maximum atomic E-state index is 13.1. The fourth-order valence-electron chi connectivity index (χ4n) is 1.05. The van der Waals surface area contributed by atoms with Gasteiger partial charge in [0.15, 0.2) is 0 Å². The fraction of sp³-hybridized carbons (Fsp3) is 0.0909. The molecule has 15 heavy (non-hydrogen) atoms. The van der Waals surface area contributed by atoms with Crippen LogP contribution in [0.3, 0.4) is 0 Å². The largest absolute Gasteiger partial charge is 0.465 e. The van der Waals surface area contributed by atoms with Gasteiger partial charge in [0.05, 0.1) is 18.7 Å². The minimum Gasteiger partial charge on any atom is -0.465 e. The van der Waals surface area contributed by atoms with Crippen LogP contribution in [-0.4, -0.2) is 13.1 Å². The summed E-state index contributed by atoms with van der Waals surface area (Å²) >= 11 is 0. The van der Waals surface area contributed by atoms with Gasteiger partial charge in [0, 0.05) is 6.08 Å². The highest BCUT2D eigenvalue weighted by Crippen LogP contribution is 2.12. The molecule has 4 heteroatoms. The zero-order chi connectivity index (χ0) is 11.3. The molecule has 0 radical (unpaired) electrons. The Morgan fingerprint density at radius 3 is 2.93 bits per heavy atom. The lowest BCUT2D eigenvalue weighted by Crippen LogP contribution is -2.04. The molecular weight excluding hydrogens is 197 g/mol. The Labute approximate surface area is 86.4 Å². The van der Waals surface area contributed by atoms with E-state index in [2.05, 4.69) is 4.74 Å². The van der Waals surface area contributed by atoms with E-state index in [9.17, 15) is 9.18 Å². The Balaban J connectivity index is 3.12. The summed E-state index contributed by atoms with van der Waals surface area (Å²) in [6.07, 6.45) is 2.72. The molecule has 0 aliphatic rings. The first kappa shape index (κ1) is 10.9. The second-order valence-corrected chi connectivity index (χ2v) is 2.69. The van der Waals surface area contributed by atoms with Gasteiger partial charge in [-0.15, -0.1) is 0 Å². The zero-order valence-electron chi connectivity index (χ0n) is 8.03. The first-order chi connectivity index (χ1) is 7.19. The van der Waals surface area contributed by atoms with Crippen molar-refractivity contribution in [1.82, 2.24) is 0 Å². The van der Waals surface area contributed by atoms with Crippen LogP contribution in [0.2, 0.25) is 0 Å². The highest BCUT2D eigenvalue weighted by Gasteiger charge is 2.11. The molecule has 0 saturated carbocycles. The maximum Gasteiger partial charge on any atom is 0.340 e. The number of hydrogen-bond acceptors (Lipinski definition) is 3. The predicted octanol–water partition coefficient (Wildman–Crippen LogP) is 2.15. The summed E-state index contributed by atoms with van der Waals surface area (Å²) in [4.78, 5) is 11.1. The first-order valence-corrected chi connectivity index (χ1v) is 4.13. The molecule has 1 aromatic carbocycles. The summed E-state index contributed by atoms with van der Waals surface area (Å²) in [6.45, 7) is 0. The SMILES string of the molecule is COC(=O)c1cc(C=CC#N)ccc1F. The molecule has 0 atom stereocenters. The molecule has 0 fully saturated rings. The highest BCUT2D eigenvalue weighted by molar-refractivity contribution is 5.90. The van der Waals surface area contributed by atoms with Gasteiger partial charge in [-0.3, -0.25) is 0 Å². The number of carbonyl (C=O) groups is 1. The van der Waals surface area contributed by atoms with E-state index in [0.717, 1.165) is 6.07 Å². The normalized spacial score (nSPS) is 9.93. The van der Waals surface area contributed by atoms with Gasteiger partial charge in [-0.2, -0.15) is 5.26 Å². The van der Waals surface area contributed by atoms with Crippen LogP contribution in [0.5, 0.6) is 0 Å². The number of carbonyl (C=O) groups excluding carboxylic acids is 1. The second-order valence-electron chi connectivity index (χ2n) is 2.69. The van der Waals surface area contributed by atoms with Gasteiger partial charge >= 0.3 is 5.97 Å². The van der Waals surface area contributed by atoms with E-state index < -0.39 is 11.8 Å². The number of nitrogens with zero attached hydrogens (tertiary/aromatic N) is 1. The Morgan fingerprint density at radius 2 is 2.33 bits per heavy atom. The van der Waals surface area contributed by atoms with Crippen molar-refractivity contribution in [1.29, 1.82) is 5.26 Å². The number of halogens is 1. The van der Waals surface area contributed by atoms with Crippen molar-refractivity contribution < 1.29 is 13.9 Å². The molecule has 0 aromatic heterocycles. The number of benzene rings is 1. The smallest absolute Gasteiger partial charge is 0.340 e. The molecule has 0 N–H and O–H groups in total. The molecule has 0 bridgehead atoms. The third kappa shape index (κ3) is 2.64. The molecule has 0 aliphatic heterocycles. The standard InChI is InChI=1S/C11H8FNO2/c1-15-11(14)9-7-8(3-2-6-13)4-5-10(9)12/h2-5,7H,1H3. The molecule has 0 heterocycles. The van der Waals surface area contributed by atoms with Crippen molar-refractivity contribution >= 4 is 12.0 Å². The number of nitriles is 1. The summed E-state index contributed by atoms with van der Waals surface area (Å²) < 4.78 is 17.5. The van der Waals surface area contributed by atoms with E-state index >= 15 is 0 Å². The molecule has 0 unspecified atom stereocenters. The van der Waals surface area contributed by atoms with Crippen molar-refractivity contribution in [2.45, 2.75) is 0 Å². The molecule has 1 rings (SSSR count). The molecule has 0 aliphatic carbocycles. The lowest BCUT2D eigenvalue weighted by atomic mass is 10.1. The monoisotopic (exact) mass is 205 g/mol. The molecule has 1 aromatic rings. The van der Waals surface area contributed by atoms with Crippen LogP contribution in [0.1, 0.15) is 15.9 Å². The Morgan fingerprint density at radius 1 is 1.60 bits per heavy atom. The average molecular weight is 205 g/mol. The Bertz CT molecular complexity index is 446. The second kappa shape index (κ2) is 4.91. The van der Waals surface area contributed by atoms with E-state index in [-0.39, 0.29) is 5.56 Å². The first-order valence-electron chi connectivity index (χ1n) is 4.13. The highest BCUT2D eigenvalue weighted by atomic mass is 19.1. The summed E-state index contributed by atoms with van der Waals surface area (Å²) in [5.41, 5.74) is 0.427. The van der Waals surface area contributed by atoms with Crippen LogP contribution >= 0.6 is 0 Å². The van der Waals surface area contributed by atoms with Crippen LogP contribution < -0.4 is 0 Å². The van der Waals surface area contributed by atoms with Crippen LogP contribution in [0.4, 0.5) is 4.39 Å². The number of ether oxygens (including phenoxy) is 1. The lowest BCUT2D eigenvalue weighted by molar-refractivity contribution is 0.0595. The van der Waals surface area contributed by atoms with Gasteiger partial charge in [0.1, 0.15) is 5.82 Å². The summed E-state index contributed by atoms with van der Waals surface area (Å²) in [6, 6.07) is 5.76. The van der Waals surface area contributed by atoms with E-state index in [1.165, 1.54) is 31.4 Å². The average Bonchev–Trinajstić information content (AvgIpc) is 2.27. The zero-order valence-corrected chi connectivity index (χ0v) is 8.03. The van der Waals surface area contributed by atoms with Crippen LogP contribution in [0, 0.1) is 17.1 Å². The molecule has 3 nitrogen and oxygen atoms in total. The van der Waals surface area contributed by atoms with Crippen LogP contribution in [-0.2, 0) is 4.74 Å². The summed E-state index contributed by atoms with van der Waals surface area (Å²) in [7, 11) is 1.18. The minimum absolute atomic E-state index is 0.141. The summed E-state index contributed by atoms with van der Waals surface area (Å²) in [5.74, 6) is -1.38. The van der Waals surface area contributed by atoms with Crippen molar-refractivity contribution in [2.75, 3.05) is 7.11 Å². The van der Waals surface area contributed by atoms with Crippen molar-refractivity contribution in [3.8, 4) is 6.07 Å². The number of methoxy groups -OCH3 is 1. The molecular formula is C11H8FNO2. The van der Waals surface area contributed by atoms with Crippen molar-refractivity contribution in [3.63, 3.8) is 0 Å². The maximum absolute atomic E-state index is 13.1. The van der Waals surface area contributed by atoms with Crippen LogP contribution in [0.25, 0.3) is 6.08 Å². The molecule has 0 saturated heterocycles. The fourth-order valence-corrected chi connectivity index (χ4v) is 1.05. The van der Waals surface area contributed by atoms with Crippen molar-refractivity contribution in [2.24, 2.45) is 0 Å². The predicted molar refractivity (Wildman–Crippen MR) is 52.4 cm³/mol. The number of esters is 1. The van der Waals surface area contributed by atoms with Gasteiger partial charge in [0.2, 0.25) is 0 Å². The number of hydrogen-bond donors (Lipinski definition) is 0. The van der Waals surface area contributed by atoms with E-state index in [0.29, 0.717) is 5.56 Å². The topological polar surface area (TPSA) is 50.1 Å². The van der Waals surface area contributed by atoms with E-state index in [4.69, 9.17) is 5.26 Å². The number of allylic oxidation sites excluding steroid dienone is 1. The van der Waals surface area contributed by atoms with E-state index in [1.807, 2.05) is 0 Å². The molecule has 0 spiro atoms. The number of rotatable bonds is 2. The van der Waals surface area contributed by atoms with E-state index in [1.54, 1.807) is 6.07 Å². The van der Waals surface area contributed by atoms with Gasteiger partial charge in [-0.1, -0.05) is 6.07 Å². The third-order valence-corrected chi connectivity index (χ3v) is 1.75. The molecule has 76 valence electrons. The van der Waals surface area contributed by atoms with Crippen LogP contribution in [0.15, 0.2) is 24.3 Å². The van der Waals surface area contributed by atoms with Gasteiger partial charge < -0.3 is 4.74 Å². The minimum atomic E-state index is -0.736. The Hall–Kier alpha value is -2.15. The van der Waals surface area contributed by atoms with Gasteiger partial charge in [-0.25, -0.2) is 9.18 Å². The summed E-state index contributed by atoms with van der Waals surface area (Å²) in [5, 5.41) is 8.30. The van der Waals surface area contributed by atoms with Gasteiger partial charge in [0.25, 0.3) is 0 Å². The van der Waals surface area contributed by atoms with Gasteiger partial charge in [-0.05, 0) is 23.8 Å². The van der Waals surface area contributed by atoms with Crippen molar-refractivity contribution in [3.05, 3.63) is 41.2 Å².